The lowest BCUT2D eigenvalue weighted by Gasteiger charge is -2.16. The fourth-order valence-electron chi connectivity index (χ4n) is 1.77. The highest BCUT2D eigenvalue weighted by molar-refractivity contribution is 5.35. The van der Waals surface area contributed by atoms with Crippen LogP contribution in [0.4, 0.5) is 13.2 Å². The summed E-state index contributed by atoms with van der Waals surface area (Å²) in [5.74, 6) is 0.458. The molecule has 0 bridgehead atoms. The zero-order valence-electron chi connectivity index (χ0n) is 10.6. The van der Waals surface area contributed by atoms with Crippen LogP contribution < -0.4 is 10.5 Å². The van der Waals surface area contributed by atoms with Crippen LogP contribution in [0.3, 0.4) is 0 Å². The van der Waals surface area contributed by atoms with Gasteiger partial charge >= 0.3 is 6.18 Å². The summed E-state index contributed by atoms with van der Waals surface area (Å²) in [7, 11) is 0. The van der Waals surface area contributed by atoms with E-state index in [4.69, 9.17) is 14.9 Å². The van der Waals surface area contributed by atoms with E-state index in [-0.39, 0.29) is 12.4 Å². The van der Waals surface area contributed by atoms with Crippen LogP contribution in [-0.2, 0) is 12.6 Å². The zero-order valence-corrected chi connectivity index (χ0v) is 10.6. The Hall–Kier alpha value is -1.95. The number of ether oxygens (including phenoxy) is 1. The molecule has 0 aliphatic rings. The second-order valence-electron chi connectivity index (χ2n) is 4.35. The van der Waals surface area contributed by atoms with Gasteiger partial charge in [-0.1, -0.05) is 12.1 Å². The van der Waals surface area contributed by atoms with E-state index in [0.29, 0.717) is 12.2 Å². The molecule has 2 rings (SSSR count). The quantitative estimate of drug-likeness (QED) is 0.917. The van der Waals surface area contributed by atoms with Gasteiger partial charge in [-0.2, -0.15) is 13.2 Å². The van der Waals surface area contributed by atoms with Crippen molar-refractivity contribution < 1.29 is 22.3 Å². The summed E-state index contributed by atoms with van der Waals surface area (Å²) in [6.07, 6.45) is -2.52. The molecule has 0 fully saturated rings. The van der Waals surface area contributed by atoms with E-state index in [2.05, 4.69) is 0 Å². The van der Waals surface area contributed by atoms with Gasteiger partial charge in [0.15, 0.2) is 0 Å². The molecule has 0 radical (unpaired) electrons. The van der Waals surface area contributed by atoms with Gasteiger partial charge in [-0.05, 0) is 24.3 Å². The van der Waals surface area contributed by atoms with Gasteiger partial charge in [-0.3, -0.25) is 0 Å². The molecule has 2 N–H and O–H groups in total. The molecule has 0 amide bonds. The average molecular weight is 285 g/mol. The Balaban J connectivity index is 1.97. The van der Waals surface area contributed by atoms with Gasteiger partial charge in [-0.25, -0.2) is 0 Å². The van der Waals surface area contributed by atoms with Crippen molar-refractivity contribution in [2.75, 3.05) is 6.61 Å². The lowest BCUT2D eigenvalue weighted by Crippen LogP contribution is -2.30. The fourth-order valence-corrected chi connectivity index (χ4v) is 1.77. The highest BCUT2D eigenvalue weighted by Gasteiger charge is 2.34. The van der Waals surface area contributed by atoms with Crippen molar-refractivity contribution in [1.29, 1.82) is 0 Å². The number of halogens is 3. The minimum absolute atomic E-state index is 0.0200. The van der Waals surface area contributed by atoms with Crippen LogP contribution in [0.15, 0.2) is 47.1 Å². The Morgan fingerprint density at radius 3 is 2.55 bits per heavy atom. The fraction of sp³-hybridized carbons (Fsp3) is 0.286. The summed E-state index contributed by atoms with van der Waals surface area (Å²) in [6.45, 7) is -0.0200. The lowest BCUT2D eigenvalue weighted by molar-refractivity contribution is -0.139. The molecular weight excluding hydrogens is 271 g/mol. The van der Waals surface area contributed by atoms with Crippen LogP contribution in [0.1, 0.15) is 11.3 Å². The normalized spacial score (nSPS) is 13.2. The Morgan fingerprint density at radius 1 is 1.15 bits per heavy atom. The largest absolute Gasteiger partial charge is 0.491 e. The number of hydrogen-bond donors (Lipinski definition) is 1. The molecule has 1 atom stereocenters. The number of nitrogens with two attached hydrogens (primary N) is 1. The number of furan rings is 1. The average Bonchev–Trinajstić information content (AvgIpc) is 2.88. The van der Waals surface area contributed by atoms with E-state index >= 15 is 0 Å². The highest BCUT2D eigenvalue weighted by Crippen LogP contribution is 2.35. The standard InChI is InChI=1S/C14H14F3NO2/c15-14(16,17)12-5-1-2-6-13(12)20-9-10(18)8-11-4-3-7-19-11/h1-7,10H,8-9,18H2. The summed E-state index contributed by atoms with van der Waals surface area (Å²) in [5.41, 5.74) is 5.00. The molecule has 2 aromatic rings. The van der Waals surface area contributed by atoms with Crippen LogP contribution in [0.5, 0.6) is 5.75 Å². The SMILES string of the molecule is NC(COc1ccccc1C(F)(F)F)Cc1ccco1. The third kappa shape index (κ3) is 3.77. The van der Waals surface area contributed by atoms with Gasteiger partial charge in [0.05, 0.1) is 11.8 Å². The molecule has 0 aliphatic heterocycles. The van der Waals surface area contributed by atoms with Crippen molar-refractivity contribution >= 4 is 0 Å². The maximum Gasteiger partial charge on any atom is 0.419 e. The number of para-hydroxylation sites is 1. The molecule has 0 spiro atoms. The maximum absolute atomic E-state index is 12.8. The van der Waals surface area contributed by atoms with Crippen molar-refractivity contribution in [2.24, 2.45) is 5.73 Å². The molecule has 3 nitrogen and oxygen atoms in total. The second kappa shape index (κ2) is 6.00. The Bertz CT molecular complexity index is 538. The molecule has 6 heteroatoms. The summed E-state index contributed by atoms with van der Waals surface area (Å²) in [5, 5.41) is 0. The molecule has 0 aliphatic carbocycles. The van der Waals surface area contributed by atoms with E-state index in [1.165, 1.54) is 24.5 Å². The van der Waals surface area contributed by atoms with Gasteiger partial charge < -0.3 is 14.9 Å². The zero-order chi connectivity index (χ0) is 14.6. The number of benzene rings is 1. The lowest BCUT2D eigenvalue weighted by atomic mass is 10.2. The third-order valence-corrected chi connectivity index (χ3v) is 2.69. The van der Waals surface area contributed by atoms with E-state index < -0.39 is 17.8 Å². The third-order valence-electron chi connectivity index (χ3n) is 2.69. The number of rotatable bonds is 5. The summed E-state index contributed by atoms with van der Waals surface area (Å²) in [6, 6.07) is 8.10. The maximum atomic E-state index is 12.8. The van der Waals surface area contributed by atoms with E-state index in [1.54, 1.807) is 12.1 Å². The molecule has 1 unspecified atom stereocenters. The van der Waals surface area contributed by atoms with Crippen LogP contribution in [0, 0.1) is 0 Å². The van der Waals surface area contributed by atoms with Gasteiger partial charge in [0.25, 0.3) is 0 Å². The van der Waals surface area contributed by atoms with Gasteiger partial charge in [0, 0.05) is 12.5 Å². The van der Waals surface area contributed by atoms with Gasteiger partial charge in [0.2, 0.25) is 0 Å². The number of alkyl halides is 3. The molecule has 108 valence electrons. The monoisotopic (exact) mass is 285 g/mol. The van der Waals surface area contributed by atoms with Crippen LogP contribution in [0.2, 0.25) is 0 Å². The predicted octanol–water partition coefficient (Wildman–Crippen LogP) is 3.25. The minimum atomic E-state index is -4.44. The summed E-state index contributed by atoms with van der Waals surface area (Å²) >= 11 is 0. The van der Waals surface area contributed by atoms with E-state index in [9.17, 15) is 13.2 Å². The molecular formula is C14H14F3NO2. The first-order chi connectivity index (χ1) is 9.47. The summed E-state index contributed by atoms with van der Waals surface area (Å²) < 4.78 is 48.6. The molecule has 0 saturated heterocycles. The van der Waals surface area contributed by atoms with Crippen molar-refractivity contribution in [3.05, 3.63) is 54.0 Å². The van der Waals surface area contributed by atoms with Crippen LogP contribution in [0.25, 0.3) is 0 Å². The Kier molecular flexibility index (Phi) is 4.34. The van der Waals surface area contributed by atoms with Crippen molar-refractivity contribution in [3.8, 4) is 5.75 Å². The highest BCUT2D eigenvalue weighted by atomic mass is 19.4. The van der Waals surface area contributed by atoms with Gasteiger partial charge in [-0.15, -0.1) is 0 Å². The first-order valence-electron chi connectivity index (χ1n) is 6.04. The minimum Gasteiger partial charge on any atom is -0.491 e. The smallest absolute Gasteiger partial charge is 0.419 e. The topological polar surface area (TPSA) is 48.4 Å². The predicted molar refractivity (Wildman–Crippen MR) is 67.3 cm³/mol. The van der Waals surface area contributed by atoms with E-state index in [1.807, 2.05) is 0 Å². The first kappa shape index (κ1) is 14.5. The van der Waals surface area contributed by atoms with E-state index in [0.717, 1.165) is 6.07 Å². The van der Waals surface area contributed by atoms with Crippen LogP contribution in [-0.4, -0.2) is 12.6 Å². The molecule has 0 saturated carbocycles. The first-order valence-corrected chi connectivity index (χ1v) is 6.04. The Labute approximate surface area is 114 Å². The number of hydrogen-bond acceptors (Lipinski definition) is 3. The molecule has 1 heterocycles. The summed E-state index contributed by atoms with van der Waals surface area (Å²) in [4.78, 5) is 0. The molecule has 20 heavy (non-hydrogen) atoms. The van der Waals surface area contributed by atoms with Crippen molar-refractivity contribution in [1.82, 2.24) is 0 Å². The second-order valence-corrected chi connectivity index (χ2v) is 4.35. The molecule has 1 aromatic heterocycles. The van der Waals surface area contributed by atoms with Crippen molar-refractivity contribution in [3.63, 3.8) is 0 Å². The van der Waals surface area contributed by atoms with Gasteiger partial charge in [0.1, 0.15) is 18.1 Å². The van der Waals surface area contributed by atoms with Crippen LogP contribution >= 0.6 is 0 Å². The van der Waals surface area contributed by atoms with Crippen molar-refractivity contribution in [2.45, 2.75) is 18.6 Å². The Morgan fingerprint density at radius 2 is 1.90 bits per heavy atom. The molecule has 1 aromatic carbocycles.